The molecule has 3 nitrogen and oxygen atoms in total. The van der Waals surface area contributed by atoms with Crippen LogP contribution in [0, 0.1) is 17.0 Å². The van der Waals surface area contributed by atoms with E-state index in [-0.39, 0.29) is 11.9 Å². The lowest BCUT2D eigenvalue weighted by molar-refractivity contribution is 0.218. The molecule has 18 heavy (non-hydrogen) atoms. The molecule has 0 spiro atoms. The molecular formula is C13H19F2N3. The maximum atomic E-state index is 13.1. The van der Waals surface area contributed by atoms with E-state index in [0.717, 1.165) is 6.07 Å². The SMILES string of the molecule is CC(C)N(CCC(=N)N)Cc1ccc(F)c(F)c1. The van der Waals surface area contributed by atoms with Crippen molar-refractivity contribution in [3.8, 4) is 0 Å². The molecule has 1 rings (SSSR count). The zero-order valence-electron chi connectivity index (χ0n) is 10.7. The second-order valence-electron chi connectivity index (χ2n) is 4.59. The van der Waals surface area contributed by atoms with Crippen LogP contribution in [-0.4, -0.2) is 23.3 Å². The van der Waals surface area contributed by atoms with Crippen LogP contribution in [0.2, 0.25) is 0 Å². The van der Waals surface area contributed by atoms with Crippen LogP contribution < -0.4 is 5.73 Å². The highest BCUT2D eigenvalue weighted by Crippen LogP contribution is 2.13. The maximum Gasteiger partial charge on any atom is 0.159 e. The van der Waals surface area contributed by atoms with Crippen molar-refractivity contribution in [2.75, 3.05) is 6.54 Å². The predicted molar refractivity (Wildman–Crippen MR) is 68.4 cm³/mol. The molecule has 0 radical (unpaired) electrons. The third-order valence-corrected chi connectivity index (χ3v) is 2.77. The van der Waals surface area contributed by atoms with Gasteiger partial charge in [0.1, 0.15) is 0 Å². The summed E-state index contributed by atoms with van der Waals surface area (Å²) in [6.07, 6.45) is 0.474. The normalized spacial score (nSPS) is 11.2. The molecule has 0 unspecified atom stereocenters. The molecule has 0 fully saturated rings. The van der Waals surface area contributed by atoms with Gasteiger partial charge in [0.2, 0.25) is 0 Å². The molecular weight excluding hydrogens is 236 g/mol. The molecule has 100 valence electrons. The molecule has 3 N–H and O–H groups in total. The van der Waals surface area contributed by atoms with Crippen molar-refractivity contribution in [2.24, 2.45) is 5.73 Å². The van der Waals surface area contributed by atoms with E-state index in [9.17, 15) is 8.78 Å². The van der Waals surface area contributed by atoms with E-state index in [0.29, 0.717) is 25.1 Å². The second kappa shape index (κ2) is 6.44. The molecule has 0 aromatic heterocycles. The van der Waals surface area contributed by atoms with E-state index in [2.05, 4.69) is 4.90 Å². The van der Waals surface area contributed by atoms with Crippen LogP contribution >= 0.6 is 0 Å². The Kier molecular flexibility index (Phi) is 5.22. The summed E-state index contributed by atoms with van der Waals surface area (Å²) >= 11 is 0. The number of nitrogens with zero attached hydrogens (tertiary/aromatic N) is 1. The molecule has 1 aromatic rings. The van der Waals surface area contributed by atoms with Crippen molar-refractivity contribution in [1.82, 2.24) is 4.90 Å². The first-order valence-corrected chi connectivity index (χ1v) is 5.91. The Morgan fingerprint density at radius 3 is 2.50 bits per heavy atom. The maximum absolute atomic E-state index is 13.1. The number of benzene rings is 1. The van der Waals surface area contributed by atoms with E-state index in [1.54, 1.807) is 6.07 Å². The zero-order valence-corrected chi connectivity index (χ0v) is 10.7. The molecule has 0 amide bonds. The smallest absolute Gasteiger partial charge is 0.159 e. The fourth-order valence-electron chi connectivity index (χ4n) is 1.66. The topological polar surface area (TPSA) is 53.1 Å². The van der Waals surface area contributed by atoms with Gasteiger partial charge in [-0.15, -0.1) is 0 Å². The molecule has 0 aliphatic carbocycles. The highest BCUT2D eigenvalue weighted by molar-refractivity contribution is 5.76. The van der Waals surface area contributed by atoms with Gasteiger partial charge in [-0.2, -0.15) is 0 Å². The van der Waals surface area contributed by atoms with Gasteiger partial charge in [-0.25, -0.2) is 8.78 Å². The highest BCUT2D eigenvalue weighted by Gasteiger charge is 2.12. The summed E-state index contributed by atoms with van der Waals surface area (Å²) < 4.78 is 25.9. The van der Waals surface area contributed by atoms with Crippen molar-refractivity contribution in [2.45, 2.75) is 32.9 Å². The number of hydrogen-bond acceptors (Lipinski definition) is 2. The van der Waals surface area contributed by atoms with Crippen LogP contribution in [-0.2, 0) is 6.54 Å². The summed E-state index contributed by atoms with van der Waals surface area (Å²) in [6, 6.07) is 4.16. The Morgan fingerprint density at radius 1 is 1.33 bits per heavy atom. The summed E-state index contributed by atoms with van der Waals surface area (Å²) in [7, 11) is 0. The van der Waals surface area contributed by atoms with Gasteiger partial charge in [0.05, 0.1) is 5.84 Å². The van der Waals surface area contributed by atoms with Gasteiger partial charge in [-0.05, 0) is 31.5 Å². The second-order valence-corrected chi connectivity index (χ2v) is 4.59. The number of amidine groups is 1. The monoisotopic (exact) mass is 255 g/mol. The average Bonchev–Trinajstić information content (AvgIpc) is 2.28. The van der Waals surface area contributed by atoms with Crippen LogP contribution in [0.5, 0.6) is 0 Å². The Hall–Kier alpha value is -1.49. The first-order chi connectivity index (χ1) is 8.40. The van der Waals surface area contributed by atoms with Crippen LogP contribution in [0.1, 0.15) is 25.8 Å². The molecule has 0 heterocycles. The third-order valence-electron chi connectivity index (χ3n) is 2.77. The van der Waals surface area contributed by atoms with Crippen molar-refractivity contribution >= 4 is 5.84 Å². The van der Waals surface area contributed by atoms with E-state index < -0.39 is 11.6 Å². The van der Waals surface area contributed by atoms with E-state index >= 15 is 0 Å². The minimum Gasteiger partial charge on any atom is -0.388 e. The number of nitrogens with two attached hydrogens (primary N) is 1. The summed E-state index contributed by atoms with van der Waals surface area (Å²) in [5, 5.41) is 7.21. The molecule has 5 heteroatoms. The van der Waals surface area contributed by atoms with Gasteiger partial charge >= 0.3 is 0 Å². The highest BCUT2D eigenvalue weighted by atomic mass is 19.2. The Bertz CT molecular complexity index is 419. The average molecular weight is 255 g/mol. The first kappa shape index (κ1) is 14.6. The molecule has 1 aromatic carbocycles. The quantitative estimate of drug-likeness (QED) is 0.606. The molecule has 0 saturated carbocycles. The first-order valence-electron chi connectivity index (χ1n) is 5.91. The number of nitrogens with one attached hydrogen (secondary N) is 1. The predicted octanol–water partition coefficient (Wildman–Crippen LogP) is 2.50. The zero-order chi connectivity index (χ0) is 13.7. The Labute approximate surface area is 106 Å². The fraction of sp³-hybridized carbons (Fsp3) is 0.462. The Morgan fingerprint density at radius 2 is 2.00 bits per heavy atom. The van der Waals surface area contributed by atoms with Gasteiger partial charge in [0.15, 0.2) is 11.6 Å². The molecule has 0 aliphatic heterocycles. The minimum absolute atomic E-state index is 0.130. The Balaban J connectivity index is 2.70. The molecule has 0 aliphatic rings. The van der Waals surface area contributed by atoms with Gasteiger partial charge in [0.25, 0.3) is 0 Å². The summed E-state index contributed by atoms with van der Waals surface area (Å²) in [4.78, 5) is 2.06. The van der Waals surface area contributed by atoms with E-state index in [4.69, 9.17) is 11.1 Å². The lowest BCUT2D eigenvalue weighted by Gasteiger charge is -2.26. The van der Waals surface area contributed by atoms with Crippen molar-refractivity contribution in [1.29, 1.82) is 5.41 Å². The molecule has 0 saturated heterocycles. The van der Waals surface area contributed by atoms with E-state index in [1.807, 2.05) is 13.8 Å². The van der Waals surface area contributed by atoms with Crippen molar-refractivity contribution in [3.05, 3.63) is 35.4 Å². The van der Waals surface area contributed by atoms with Gasteiger partial charge < -0.3 is 5.73 Å². The fourth-order valence-corrected chi connectivity index (χ4v) is 1.66. The molecule has 0 bridgehead atoms. The number of hydrogen-bond donors (Lipinski definition) is 2. The van der Waals surface area contributed by atoms with Crippen LogP contribution in [0.4, 0.5) is 8.78 Å². The van der Waals surface area contributed by atoms with E-state index in [1.165, 1.54) is 6.07 Å². The number of halogens is 2. The van der Waals surface area contributed by atoms with Crippen molar-refractivity contribution in [3.63, 3.8) is 0 Å². The minimum atomic E-state index is -0.835. The lowest BCUT2D eigenvalue weighted by Crippen LogP contribution is -2.33. The van der Waals surface area contributed by atoms with Crippen LogP contribution in [0.15, 0.2) is 18.2 Å². The van der Waals surface area contributed by atoms with Gasteiger partial charge in [-0.1, -0.05) is 6.07 Å². The third kappa shape index (κ3) is 4.41. The summed E-state index contributed by atoms with van der Waals surface area (Å²) in [6.45, 7) is 5.17. The molecule has 0 atom stereocenters. The summed E-state index contributed by atoms with van der Waals surface area (Å²) in [5.41, 5.74) is 6.04. The van der Waals surface area contributed by atoms with Crippen LogP contribution in [0.25, 0.3) is 0 Å². The van der Waals surface area contributed by atoms with Gasteiger partial charge in [0, 0.05) is 25.6 Å². The standard InChI is InChI=1S/C13H19F2N3/c1-9(2)18(6-5-13(16)17)8-10-3-4-11(14)12(15)7-10/h3-4,7,9H,5-6,8H2,1-2H3,(H3,16,17). The van der Waals surface area contributed by atoms with Crippen LogP contribution in [0.3, 0.4) is 0 Å². The summed E-state index contributed by atoms with van der Waals surface area (Å²) in [5.74, 6) is -1.53. The largest absolute Gasteiger partial charge is 0.388 e. The number of rotatable bonds is 6. The van der Waals surface area contributed by atoms with Crippen molar-refractivity contribution < 1.29 is 8.78 Å². The lowest BCUT2D eigenvalue weighted by atomic mass is 10.1. The van der Waals surface area contributed by atoms with Gasteiger partial charge in [-0.3, -0.25) is 10.3 Å².